The number of carbonyl (C=O) groups excluding carboxylic acids is 2. The number of likely N-dealkylation sites (tertiary alicyclic amines) is 1. The smallest absolute Gasteiger partial charge is 0.277 e. The average Bonchev–Trinajstić information content (AvgIpc) is 3.52. The number of anilines is 1. The van der Waals surface area contributed by atoms with Gasteiger partial charge in [-0.25, -0.2) is 14.4 Å². The molecule has 7 nitrogen and oxygen atoms in total. The fourth-order valence-electron chi connectivity index (χ4n) is 4.10. The zero-order valence-corrected chi connectivity index (χ0v) is 19.2. The molecule has 5 rings (SSSR count). The number of amides is 2. The maximum Gasteiger partial charge on any atom is 0.277 e. The number of nitrogens with zero attached hydrogens (tertiary/aromatic N) is 5. The van der Waals surface area contributed by atoms with E-state index in [9.17, 15) is 14.0 Å². The third-order valence-corrected chi connectivity index (χ3v) is 6.21. The second-order valence-corrected chi connectivity index (χ2v) is 8.60. The van der Waals surface area contributed by atoms with Gasteiger partial charge < -0.3 is 9.80 Å². The van der Waals surface area contributed by atoms with Gasteiger partial charge in [-0.05, 0) is 61.4 Å². The van der Waals surface area contributed by atoms with E-state index in [1.807, 2.05) is 0 Å². The highest BCUT2D eigenvalue weighted by molar-refractivity contribution is 6.30. The molecule has 0 bridgehead atoms. The Bertz CT molecular complexity index is 1380. The number of rotatable bonds is 4. The van der Waals surface area contributed by atoms with Crippen molar-refractivity contribution < 1.29 is 14.0 Å². The number of aromatic nitrogens is 3. The summed E-state index contributed by atoms with van der Waals surface area (Å²) in [4.78, 5) is 38.9. The van der Waals surface area contributed by atoms with Crippen LogP contribution >= 0.6 is 11.6 Å². The number of hydrogen-bond donors (Lipinski definition) is 0. The number of carbonyl (C=O) groups is 2. The maximum atomic E-state index is 13.7. The van der Waals surface area contributed by atoms with E-state index in [1.54, 1.807) is 54.5 Å². The first-order valence-corrected chi connectivity index (χ1v) is 11.3. The molecule has 172 valence electrons. The lowest BCUT2D eigenvalue weighted by molar-refractivity contribution is 0.0791. The van der Waals surface area contributed by atoms with Crippen LogP contribution in [0.2, 0.25) is 5.02 Å². The van der Waals surface area contributed by atoms with Gasteiger partial charge in [-0.1, -0.05) is 11.6 Å². The monoisotopic (exact) mass is 477 g/mol. The minimum atomic E-state index is -0.393. The number of benzene rings is 2. The normalized spacial score (nSPS) is 13.4. The molecule has 0 spiro atoms. The fourth-order valence-corrected chi connectivity index (χ4v) is 4.23. The molecule has 1 aliphatic rings. The van der Waals surface area contributed by atoms with Crippen molar-refractivity contribution >= 4 is 34.9 Å². The number of halogens is 2. The summed E-state index contributed by atoms with van der Waals surface area (Å²) in [6, 6.07) is 12.6. The van der Waals surface area contributed by atoms with E-state index >= 15 is 0 Å². The molecule has 1 aliphatic heterocycles. The SMILES string of the molecule is CN(C(=O)c1c(-c2ccc(F)cc2)nc2ncc(C(=O)N3CCCC3)cn12)c1ccc(Cl)cc1. The second-order valence-electron chi connectivity index (χ2n) is 8.17. The van der Waals surface area contributed by atoms with Gasteiger partial charge in [0.1, 0.15) is 17.2 Å². The highest BCUT2D eigenvalue weighted by atomic mass is 35.5. The highest BCUT2D eigenvalue weighted by Gasteiger charge is 2.27. The highest BCUT2D eigenvalue weighted by Crippen LogP contribution is 2.28. The molecule has 2 aromatic heterocycles. The summed E-state index contributed by atoms with van der Waals surface area (Å²) < 4.78 is 15.1. The largest absolute Gasteiger partial charge is 0.339 e. The Morgan fingerprint density at radius 2 is 1.71 bits per heavy atom. The second kappa shape index (κ2) is 8.87. The molecule has 1 fully saturated rings. The molecule has 9 heteroatoms. The van der Waals surface area contributed by atoms with Crippen LogP contribution in [-0.4, -0.2) is 51.2 Å². The minimum Gasteiger partial charge on any atom is -0.339 e. The third kappa shape index (κ3) is 4.01. The predicted octanol–water partition coefficient (Wildman–Crippen LogP) is 4.70. The van der Waals surface area contributed by atoms with Crippen molar-refractivity contribution in [2.75, 3.05) is 25.0 Å². The standard InChI is InChI=1S/C25H21ClFN5O2/c1-30(20-10-6-18(26)7-11-20)24(34)22-21(16-4-8-19(27)9-5-16)29-25-28-14-17(15-32(22)25)23(33)31-12-2-3-13-31/h4-11,14-15H,2-3,12-13H2,1H3. The van der Waals surface area contributed by atoms with Gasteiger partial charge >= 0.3 is 0 Å². The first kappa shape index (κ1) is 22.0. The molecule has 1 saturated heterocycles. The fraction of sp³-hybridized carbons (Fsp3) is 0.200. The Labute approximate surface area is 200 Å². The van der Waals surface area contributed by atoms with Gasteiger partial charge in [0.2, 0.25) is 5.78 Å². The molecule has 0 saturated carbocycles. The van der Waals surface area contributed by atoms with Crippen LogP contribution in [0.5, 0.6) is 0 Å². The van der Waals surface area contributed by atoms with Crippen LogP contribution in [0.3, 0.4) is 0 Å². The van der Waals surface area contributed by atoms with Crippen LogP contribution in [0.15, 0.2) is 60.9 Å². The molecular formula is C25H21ClFN5O2. The summed E-state index contributed by atoms with van der Waals surface area (Å²) in [6.45, 7) is 1.40. The van der Waals surface area contributed by atoms with Gasteiger partial charge in [0, 0.05) is 48.8 Å². The number of fused-ring (bicyclic) bond motifs is 1. The molecule has 2 aromatic carbocycles. The zero-order valence-electron chi connectivity index (χ0n) is 18.4. The summed E-state index contributed by atoms with van der Waals surface area (Å²) in [7, 11) is 1.64. The van der Waals surface area contributed by atoms with Gasteiger partial charge in [-0.3, -0.25) is 14.0 Å². The lowest BCUT2D eigenvalue weighted by atomic mass is 10.1. The van der Waals surface area contributed by atoms with Gasteiger partial charge in [0.15, 0.2) is 0 Å². The molecule has 0 N–H and O–H groups in total. The van der Waals surface area contributed by atoms with Crippen LogP contribution in [-0.2, 0) is 0 Å². The summed E-state index contributed by atoms with van der Waals surface area (Å²) in [5, 5.41) is 0.556. The molecule has 34 heavy (non-hydrogen) atoms. The van der Waals surface area contributed by atoms with Gasteiger partial charge in [-0.2, -0.15) is 0 Å². The van der Waals surface area contributed by atoms with Crippen molar-refractivity contribution in [2.45, 2.75) is 12.8 Å². The lowest BCUT2D eigenvalue weighted by Crippen LogP contribution is -2.29. The van der Waals surface area contributed by atoms with Crippen molar-refractivity contribution in [1.82, 2.24) is 19.3 Å². The minimum absolute atomic E-state index is 0.131. The van der Waals surface area contributed by atoms with Crippen molar-refractivity contribution in [3.05, 3.63) is 83.0 Å². The first-order valence-electron chi connectivity index (χ1n) is 10.9. The maximum absolute atomic E-state index is 13.7. The number of hydrogen-bond acceptors (Lipinski definition) is 4. The van der Waals surface area contributed by atoms with Gasteiger partial charge in [0.25, 0.3) is 11.8 Å². The van der Waals surface area contributed by atoms with Crippen LogP contribution in [0.25, 0.3) is 17.0 Å². The Hall–Kier alpha value is -3.78. The quantitative estimate of drug-likeness (QED) is 0.427. The summed E-state index contributed by atoms with van der Waals surface area (Å²) in [5.41, 5.74) is 2.14. The van der Waals surface area contributed by atoms with Gasteiger partial charge in [-0.15, -0.1) is 0 Å². The Balaban J connectivity index is 1.65. The third-order valence-electron chi connectivity index (χ3n) is 5.96. The zero-order chi connectivity index (χ0) is 23.8. The topological polar surface area (TPSA) is 70.8 Å². The Morgan fingerprint density at radius 3 is 2.38 bits per heavy atom. The summed E-state index contributed by atoms with van der Waals surface area (Å²) in [6.07, 6.45) is 5.02. The molecule has 4 aromatic rings. The van der Waals surface area contributed by atoms with E-state index in [4.69, 9.17) is 11.6 Å². The molecular weight excluding hydrogens is 457 g/mol. The van der Waals surface area contributed by atoms with E-state index in [2.05, 4.69) is 9.97 Å². The van der Waals surface area contributed by atoms with E-state index in [-0.39, 0.29) is 23.3 Å². The molecule has 0 aliphatic carbocycles. The molecule has 0 atom stereocenters. The van der Waals surface area contributed by atoms with Crippen LogP contribution < -0.4 is 4.90 Å². The predicted molar refractivity (Wildman–Crippen MR) is 128 cm³/mol. The molecule has 0 unspecified atom stereocenters. The van der Waals surface area contributed by atoms with Crippen molar-refractivity contribution in [1.29, 1.82) is 0 Å². The summed E-state index contributed by atoms with van der Waals surface area (Å²) in [5.74, 6) is -0.615. The Morgan fingerprint density at radius 1 is 1.03 bits per heavy atom. The molecule has 2 amide bonds. The van der Waals surface area contributed by atoms with Crippen LogP contribution in [0.4, 0.5) is 10.1 Å². The molecule has 0 radical (unpaired) electrons. The van der Waals surface area contributed by atoms with Gasteiger partial charge in [0.05, 0.1) is 5.56 Å². The van der Waals surface area contributed by atoms with E-state index in [0.29, 0.717) is 40.6 Å². The van der Waals surface area contributed by atoms with Crippen molar-refractivity contribution in [2.24, 2.45) is 0 Å². The van der Waals surface area contributed by atoms with E-state index < -0.39 is 5.82 Å². The average molecular weight is 478 g/mol. The van der Waals surface area contributed by atoms with Crippen LogP contribution in [0.1, 0.15) is 33.7 Å². The van der Waals surface area contributed by atoms with E-state index in [0.717, 1.165) is 12.8 Å². The van der Waals surface area contributed by atoms with Crippen molar-refractivity contribution in [3.63, 3.8) is 0 Å². The van der Waals surface area contributed by atoms with E-state index in [1.165, 1.54) is 27.6 Å². The number of imidazole rings is 1. The Kier molecular flexibility index (Phi) is 5.75. The summed E-state index contributed by atoms with van der Waals surface area (Å²) >= 11 is 6.00. The first-order chi connectivity index (χ1) is 16.4. The lowest BCUT2D eigenvalue weighted by Gasteiger charge is -2.18. The molecule has 3 heterocycles. The van der Waals surface area contributed by atoms with Crippen LogP contribution in [0, 0.1) is 5.82 Å². The van der Waals surface area contributed by atoms with Crippen molar-refractivity contribution in [3.8, 4) is 11.3 Å².